The van der Waals surface area contributed by atoms with Crippen LogP contribution in [0.4, 0.5) is 14.5 Å². The molecular weight excluding hydrogens is 384 g/mol. The van der Waals surface area contributed by atoms with Crippen molar-refractivity contribution in [3.8, 4) is 5.75 Å². The van der Waals surface area contributed by atoms with Crippen LogP contribution in [0.3, 0.4) is 0 Å². The molecule has 2 aliphatic heterocycles. The quantitative estimate of drug-likeness (QED) is 0.811. The molecule has 9 heteroatoms. The summed E-state index contributed by atoms with van der Waals surface area (Å²) >= 11 is 0. The SMILES string of the molecule is CC1COc2c(N3C[C@@H](F)[C@@H](C4(N)CC4)C3)c(F)cc3c(=O)c(C(=O)O)cn1c23. The number of hydrogen-bond donors (Lipinski definition) is 2. The van der Waals surface area contributed by atoms with Crippen molar-refractivity contribution >= 4 is 22.6 Å². The van der Waals surface area contributed by atoms with Gasteiger partial charge in [0.1, 0.15) is 24.0 Å². The predicted molar refractivity (Wildman–Crippen MR) is 102 cm³/mol. The third kappa shape index (κ3) is 2.56. The highest BCUT2D eigenvalue weighted by Crippen LogP contribution is 2.48. The summed E-state index contributed by atoms with van der Waals surface area (Å²) in [6, 6.07) is 0.789. The van der Waals surface area contributed by atoms with E-state index >= 15 is 4.39 Å². The lowest BCUT2D eigenvalue weighted by Gasteiger charge is -2.31. The third-order valence-electron chi connectivity index (χ3n) is 6.50. The number of aromatic carboxylic acids is 1. The zero-order valence-corrected chi connectivity index (χ0v) is 15.8. The topological polar surface area (TPSA) is 97.8 Å². The third-order valence-corrected chi connectivity index (χ3v) is 6.50. The molecule has 2 fully saturated rings. The molecule has 3 N–H and O–H groups in total. The number of anilines is 1. The molecule has 3 atom stereocenters. The van der Waals surface area contributed by atoms with Gasteiger partial charge in [0.2, 0.25) is 5.43 Å². The van der Waals surface area contributed by atoms with E-state index < -0.39 is 34.5 Å². The van der Waals surface area contributed by atoms with Gasteiger partial charge in [-0.3, -0.25) is 4.79 Å². The average molecular weight is 405 g/mol. The Bertz CT molecular complexity index is 1110. The Hall–Kier alpha value is -2.68. The van der Waals surface area contributed by atoms with Gasteiger partial charge >= 0.3 is 5.97 Å². The minimum absolute atomic E-state index is 0.00456. The van der Waals surface area contributed by atoms with Crippen molar-refractivity contribution in [3.05, 3.63) is 33.9 Å². The molecule has 0 radical (unpaired) electrons. The molecule has 1 aromatic carbocycles. The van der Waals surface area contributed by atoms with Crippen LogP contribution in [0.15, 0.2) is 17.1 Å². The molecule has 7 nitrogen and oxygen atoms in total. The van der Waals surface area contributed by atoms with E-state index in [1.165, 1.54) is 6.20 Å². The maximum Gasteiger partial charge on any atom is 0.341 e. The molecule has 3 heterocycles. The van der Waals surface area contributed by atoms with E-state index in [-0.39, 0.29) is 48.5 Å². The van der Waals surface area contributed by atoms with Crippen LogP contribution in [-0.4, -0.2) is 47.0 Å². The number of aromatic nitrogens is 1. The Balaban J connectivity index is 1.71. The molecule has 1 aliphatic carbocycles. The lowest BCUT2D eigenvalue weighted by Crippen LogP contribution is -2.38. The summed E-state index contributed by atoms with van der Waals surface area (Å²) in [6.07, 6.45) is 1.60. The summed E-state index contributed by atoms with van der Waals surface area (Å²) in [5.74, 6) is -2.33. The molecule has 3 aliphatic rings. The van der Waals surface area contributed by atoms with E-state index in [1.807, 2.05) is 6.92 Å². The van der Waals surface area contributed by atoms with Gasteiger partial charge in [-0.1, -0.05) is 0 Å². The van der Waals surface area contributed by atoms with Gasteiger partial charge in [0.05, 0.1) is 16.9 Å². The van der Waals surface area contributed by atoms with Crippen LogP contribution >= 0.6 is 0 Å². The average Bonchev–Trinajstić information content (AvgIpc) is 3.28. The molecule has 1 saturated carbocycles. The van der Waals surface area contributed by atoms with E-state index in [1.54, 1.807) is 9.47 Å². The van der Waals surface area contributed by atoms with Crippen molar-refractivity contribution < 1.29 is 23.4 Å². The monoisotopic (exact) mass is 405 g/mol. The van der Waals surface area contributed by atoms with Gasteiger partial charge in [0.25, 0.3) is 0 Å². The number of halogens is 2. The lowest BCUT2D eigenvalue weighted by atomic mass is 9.96. The largest absolute Gasteiger partial charge is 0.487 e. The fourth-order valence-corrected chi connectivity index (χ4v) is 4.66. The van der Waals surface area contributed by atoms with Gasteiger partial charge < -0.3 is 25.0 Å². The molecule has 0 bridgehead atoms. The minimum atomic E-state index is -1.37. The number of carboxylic acids is 1. The molecule has 29 heavy (non-hydrogen) atoms. The number of nitrogens with two attached hydrogens (primary N) is 1. The van der Waals surface area contributed by atoms with Crippen LogP contribution in [0.25, 0.3) is 10.9 Å². The first-order valence-electron chi connectivity index (χ1n) is 9.66. The smallest absolute Gasteiger partial charge is 0.341 e. The Kier molecular flexibility index (Phi) is 3.74. The summed E-state index contributed by atoms with van der Waals surface area (Å²) in [7, 11) is 0. The molecule has 154 valence electrons. The Morgan fingerprint density at radius 3 is 2.76 bits per heavy atom. The normalized spacial score (nSPS) is 27.2. The van der Waals surface area contributed by atoms with Gasteiger partial charge in [0.15, 0.2) is 11.6 Å². The molecule has 5 rings (SSSR count). The van der Waals surface area contributed by atoms with Crippen molar-refractivity contribution in [2.75, 3.05) is 24.6 Å². The number of nitrogens with zero attached hydrogens (tertiary/aromatic N) is 2. The maximum atomic E-state index is 15.2. The number of ether oxygens (including phenoxy) is 1. The van der Waals surface area contributed by atoms with E-state index in [4.69, 9.17) is 10.5 Å². The van der Waals surface area contributed by atoms with Gasteiger partial charge in [0, 0.05) is 30.7 Å². The second-order valence-corrected chi connectivity index (χ2v) is 8.44. The van der Waals surface area contributed by atoms with Crippen LogP contribution in [0.5, 0.6) is 5.75 Å². The highest BCUT2D eigenvalue weighted by molar-refractivity contribution is 5.97. The van der Waals surface area contributed by atoms with E-state index in [0.29, 0.717) is 5.52 Å². The zero-order chi connectivity index (χ0) is 20.7. The Morgan fingerprint density at radius 2 is 2.10 bits per heavy atom. The van der Waals surface area contributed by atoms with Crippen LogP contribution in [0.2, 0.25) is 0 Å². The van der Waals surface area contributed by atoms with Gasteiger partial charge in [-0.05, 0) is 25.8 Å². The summed E-state index contributed by atoms with van der Waals surface area (Å²) in [4.78, 5) is 25.7. The number of rotatable bonds is 3. The van der Waals surface area contributed by atoms with Crippen LogP contribution < -0.4 is 20.8 Å². The second kappa shape index (κ2) is 5.91. The van der Waals surface area contributed by atoms with Crippen molar-refractivity contribution in [2.45, 2.75) is 37.5 Å². The summed E-state index contributed by atoms with van der Waals surface area (Å²) in [5.41, 5.74) is 4.92. The lowest BCUT2D eigenvalue weighted by molar-refractivity contribution is 0.0694. The number of carboxylic acid groups (broad SMARTS) is 1. The molecule has 0 spiro atoms. The van der Waals surface area contributed by atoms with Crippen LogP contribution in [0, 0.1) is 11.7 Å². The fraction of sp³-hybridized carbons (Fsp3) is 0.500. The predicted octanol–water partition coefficient (Wildman–Crippen LogP) is 2.06. The number of benzene rings is 1. The van der Waals surface area contributed by atoms with Crippen LogP contribution in [0.1, 0.15) is 36.2 Å². The molecule has 1 saturated heterocycles. The maximum absolute atomic E-state index is 15.2. The van der Waals surface area contributed by atoms with Crippen molar-refractivity contribution in [3.63, 3.8) is 0 Å². The fourth-order valence-electron chi connectivity index (χ4n) is 4.66. The number of alkyl halides is 1. The van der Waals surface area contributed by atoms with E-state index in [9.17, 15) is 19.1 Å². The van der Waals surface area contributed by atoms with Crippen LogP contribution in [-0.2, 0) is 0 Å². The summed E-state index contributed by atoms with van der Waals surface area (Å²) in [6.45, 7) is 2.26. The molecule has 1 unspecified atom stereocenters. The van der Waals surface area contributed by atoms with Gasteiger partial charge in [-0.2, -0.15) is 0 Å². The standard InChI is InChI=1S/C20H21F2N3O4/c1-9-8-29-18-15-10(17(26)11(19(27)28)5-25(9)15)4-13(21)16(18)24-6-12(14(22)7-24)20(23)2-3-20/h4-5,9,12,14H,2-3,6-8,23H2,1H3,(H,27,28)/t9?,12-,14+/m0/s1. The minimum Gasteiger partial charge on any atom is -0.487 e. The zero-order valence-electron chi connectivity index (χ0n) is 15.8. The number of carbonyl (C=O) groups is 1. The summed E-state index contributed by atoms with van der Waals surface area (Å²) < 4.78 is 37.3. The Morgan fingerprint density at radius 1 is 1.38 bits per heavy atom. The number of hydrogen-bond acceptors (Lipinski definition) is 5. The second-order valence-electron chi connectivity index (χ2n) is 8.44. The van der Waals surface area contributed by atoms with E-state index in [2.05, 4.69) is 0 Å². The number of pyridine rings is 1. The molecule has 2 aromatic rings. The summed E-state index contributed by atoms with van der Waals surface area (Å²) in [5, 5.41) is 9.30. The van der Waals surface area contributed by atoms with Gasteiger partial charge in [-0.15, -0.1) is 0 Å². The van der Waals surface area contributed by atoms with Crippen molar-refractivity contribution in [1.29, 1.82) is 0 Å². The highest BCUT2D eigenvalue weighted by atomic mass is 19.1. The molecule has 0 amide bonds. The first-order valence-corrected chi connectivity index (χ1v) is 9.66. The first kappa shape index (κ1) is 18.4. The highest BCUT2D eigenvalue weighted by Gasteiger charge is 2.53. The molecule has 1 aromatic heterocycles. The first-order chi connectivity index (χ1) is 13.7. The van der Waals surface area contributed by atoms with Gasteiger partial charge in [-0.25, -0.2) is 13.6 Å². The van der Waals surface area contributed by atoms with E-state index in [0.717, 1.165) is 18.9 Å². The Labute approximate surface area is 164 Å². The molecular formula is C20H21F2N3O4. The van der Waals surface area contributed by atoms with Crippen molar-refractivity contribution in [1.82, 2.24) is 4.57 Å². The van der Waals surface area contributed by atoms with Crippen molar-refractivity contribution in [2.24, 2.45) is 11.7 Å².